The highest BCUT2D eigenvalue weighted by atomic mass is 32.1. The largest absolute Gasteiger partial charge is 0.489 e. The van der Waals surface area contributed by atoms with Crippen LogP contribution >= 0.6 is 11.3 Å². The molecule has 4 rings (SSSR count). The number of piperidine rings is 1. The van der Waals surface area contributed by atoms with E-state index < -0.39 is 0 Å². The summed E-state index contributed by atoms with van der Waals surface area (Å²) in [6.07, 6.45) is 5.72. The number of aromatic nitrogens is 1. The van der Waals surface area contributed by atoms with Gasteiger partial charge in [-0.3, -0.25) is 14.7 Å². The van der Waals surface area contributed by atoms with Gasteiger partial charge in [-0.05, 0) is 61.0 Å². The summed E-state index contributed by atoms with van der Waals surface area (Å²) in [7, 11) is 0. The van der Waals surface area contributed by atoms with Gasteiger partial charge in [0.25, 0.3) is 5.91 Å². The third kappa shape index (κ3) is 5.46. The molecule has 0 atom stereocenters. The Morgan fingerprint density at radius 2 is 2.00 bits per heavy atom. The number of amides is 1. The molecule has 3 aromatic rings. The summed E-state index contributed by atoms with van der Waals surface area (Å²) in [5.41, 5.74) is 2.95. The Morgan fingerprint density at radius 1 is 1.20 bits per heavy atom. The topological polar surface area (TPSA) is 54.5 Å². The lowest BCUT2D eigenvalue weighted by molar-refractivity contribution is 0.0890. The molecule has 3 heterocycles. The number of hydrogen-bond donors (Lipinski definition) is 1. The normalized spacial score (nSPS) is 15.1. The number of nitrogens with one attached hydrogen (secondary N) is 1. The van der Waals surface area contributed by atoms with Crippen molar-refractivity contribution in [1.82, 2.24) is 15.2 Å². The third-order valence-electron chi connectivity index (χ3n) is 5.37. The molecule has 0 bridgehead atoms. The zero-order valence-corrected chi connectivity index (χ0v) is 18.0. The highest BCUT2D eigenvalue weighted by molar-refractivity contribution is 7.09. The molecule has 1 N–H and O–H groups in total. The van der Waals surface area contributed by atoms with Crippen LogP contribution in [0.1, 0.15) is 39.2 Å². The molecule has 1 fully saturated rings. The first-order valence-corrected chi connectivity index (χ1v) is 11.2. The second kappa shape index (κ2) is 9.87. The average Bonchev–Trinajstić information content (AvgIpc) is 3.29. The van der Waals surface area contributed by atoms with Crippen LogP contribution in [0.2, 0.25) is 0 Å². The monoisotopic (exact) mass is 421 g/mol. The predicted octanol–water partition coefficient (Wildman–Crippen LogP) is 4.42. The second-order valence-electron chi connectivity index (χ2n) is 7.71. The number of aryl methyl sites for hydroxylation is 1. The predicted molar refractivity (Wildman–Crippen MR) is 120 cm³/mol. The van der Waals surface area contributed by atoms with Crippen molar-refractivity contribution in [2.24, 2.45) is 0 Å². The lowest BCUT2D eigenvalue weighted by Gasteiger charge is -2.32. The summed E-state index contributed by atoms with van der Waals surface area (Å²) >= 11 is 1.64. The minimum Gasteiger partial charge on any atom is -0.489 e. The van der Waals surface area contributed by atoms with Gasteiger partial charge < -0.3 is 10.1 Å². The fraction of sp³-hybridized carbons (Fsp3) is 0.333. The summed E-state index contributed by atoms with van der Waals surface area (Å²) in [5, 5.41) is 5.04. The number of nitrogens with zero attached hydrogens (tertiary/aromatic N) is 2. The molecule has 0 aliphatic carbocycles. The Hall–Kier alpha value is -2.70. The van der Waals surface area contributed by atoms with E-state index in [2.05, 4.69) is 27.3 Å². The van der Waals surface area contributed by atoms with Gasteiger partial charge in [0.1, 0.15) is 11.9 Å². The number of hydrogen-bond acceptors (Lipinski definition) is 5. The quantitative estimate of drug-likeness (QED) is 0.613. The van der Waals surface area contributed by atoms with Crippen molar-refractivity contribution in [3.05, 3.63) is 81.8 Å². The van der Waals surface area contributed by atoms with Crippen molar-refractivity contribution < 1.29 is 9.53 Å². The number of likely N-dealkylation sites (tertiary alicyclic amines) is 1. The van der Waals surface area contributed by atoms with Crippen molar-refractivity contribution in [3.8, 4) is 5.75 Å². The van der Waals surface area contributed by atoms with Crippen LogP contribution in [-0.4, -0.2) is 35.0 Å². The van der Waals surface area contributed by atoms with Crippen LogP contribution in [0.25, 0.3) is 0 Å². The zero-order valence-electron chi connectivity index (χ0n) is 17.2. The summed E-state index contributed by atoms with van der Waals surface area (Å²) in [4.78, 5) is 20.5. The van der Waals surface area contributed by atoms with Gasteiger partial charge in [0, 0.05) is 36.9 Å². The smallest absolute Gasteiger partial charge is 0.255 e. The zero-order chi connectivity index (χ0) is 20.8. The van der Waals surface area contributed by atoms with E-state index in [1.165, 1.54) is 5.56 Å². The lowest BCUT2D eigenvalue weighted by Crippen LogP contribution is -2.38. The van der Waals surface area contributed by atoms with Crippen LogP contribution < -0.4 is 10.1 Å². The fourth-order valence-corrected chi connectivity index (χ4v) is 4.36. The van der Waals surface area contributed by atoms with Crippen molar-refractivity contribution in [3.63, 3.8) is 0 Å². The van der Waals surface area contributed by atoms with Crippen LogP contribution in [0.3, 0.4) is 0 Å². The van der Waals surface area contributed by atoms with E-state index in [9.17, 15) is 4.79 Å². The molecule has 1 saturated heterocycles. The number of carbonyl (C=O) groups excluding carboxylic acids is 1. The Balaban J connectivity index is 1.34. The highest BCUT2D eigenvalue weighted by Crippen LogP contribution is 2.25. The van der Waals surface area contributed by atoms with Crippen LogP contribution in [0.15, 0.2) is 60.2 Å². The van der Waals surface area contributed by atoms with E-state index in [1.807, 2.05) is 55.0 Å². The maximum Gasteiger partial charge on any atom is 0.255 e. The van der Waals surface area contributed by atoms with Gasteiger partial charge in [-0.15, -0.1) is 11.3 Å². The molecule has 5 nitrogen and oxygen atoms in total. The molecule has 2 aromatic heterocycles. The summed E-state index contributed by atoms with van der Waals surface area (Å²) < 4.78 is 6.30. The molecular formula is C24H27N3O2S. The van der Waals surface area contributed by atoms with Crippen molar-refractivity contribution in [2.75, 3.05) is 13.1 Å². The Bertz CT molecular complexity index is 952. The molecule has 1 amide bonds. The van der Waals surface area contributed by atoms with E-state index in [4.69, 9.17) is 4.74 Å². The molecule has 1 aliphatic heterocycles. The minimum absolute atomic E-state index is 0.0859. The van der Waals surface area contributed by atoms with Crippen molar-refractivity contribution >= 4 is 17.2 Å². The van der Waals surface area contributed by atoms with Crippen molar-refractivity contribution in [2.45, 2.75) is 39.0 Å². The number of carbonyl (C=O) groups is 1. The minimum atomic E-state index is -0.0859. The van der Waals surface area contributed by atoms with Crippen LogP contribution in [0.4, 0.5) is 0 Å². The Kier molecular flexibility index (Phi) is 6.77. The van der Waals surface area contributed by atoms with E-state index in [0.717, 1.165) is 42.9 Å². The first kappa shape index (κ1) is 20.6. The van der Waals surface area contributed by atoms with Crippen LogP contribution in [-0.2, 0) is 13.1 Å². The Labute approximate surface area is 181 Å². The van der Waals surface area contributed by atoms with Crippen LogP contribution in [0, 0.1) is 6.92 Å². The second-order valence-corrected chi connectivity index (χ2v) is 8.74. The van der Waals surface area contributed by atoms with E-state index in [1.54, 1.807) is 11.3 Å². The van der Waals surface area contributed by atoms with Crippen molar-refractivity contribution in [1.29, 1.82) is 0 Å². The van der Waals surface area contributed by atoms with Gasteiger partial charge in [0.05, 0.1) is 12.1 Å². The molecular weight excluding hydrogens is 394 g/mol. The van der Waals surface area contributed by atoms with Gasteiger partial charge in [-0.25, -0.2) is 0 Å². The number of benzene rings is 1. The summed E-state index contributed by atoms with van der Waals surface area (Å²) in [6.45, 7) is 5.45. The van der Waals surface area contributed by atoms with Gasteiger partial charge in [-0.1, -0.05) is 17.7 Å². The first-order chi connectivity index (χ1) is 14.7. The van der Waals surface area contributed by atoms with E-state index >= 15 is 0 Å². The molecule has 0 radical (unpaired) electrons. The Morgan fingerprint density at radius 3 is 2.73 bits per heavy atom. The van der Waals surface area contributed by atoms with Crippen LogP contribution in [0.5, 0.6) is 5.75 Å². The number of rotatable bonds is 7. The molecule has 156 valence electrons. The summed E-state index contributed by atoms with van der Waals surface area (Å²) in [5.74, 6) is 0.592. The maximum atomic E-state index is 12.8. The molecule has 1 aliphatic rings. The maximum absolute atomic E-state index is 12.8. The molecule has 1 aromatic carbocycles. The molecule has 6 heteroatoms. The molecule has 0 saturated carbocycles. The number of ether oxygens (including phenoxy) is 1. The fourth-order valence-electron chi connectivity index (χ4n) is 3.71. The van der Waals surface area contributed by atoms with Gasteiger partial charge in [0.2, 0.25) is 0 Å². The standard InChI is InChI=1S/C24H27N3O2S/c1-18-4-5-23(22(15-18)24(28)26-16-21-3-2-14-30-21)29-20-8-12-27(13-9-20)17-19-6-10-25-11-7-19/h2-7,10-11,14-15,20H,8-9,12-13,16-17H2,1H3,(H,26,28). The van der Waals surface area contributed by atoms with E-state index in [0.29, 0.717) is 17.9 Å². The number of pyridine rings is 1. The van der Waals surface area contributed by atoms with E-state index in [-0.39, 0.29) is 12.0 Å². The molecule has 0 spiro atoms. The number of thiophene rings is 1. The average molecular weight is 422 g/mol. The van der Waals surface area contributed by atoms with Gasteiger partial charge in [0.15, 0.2) is 0 Å². The molecule has 30 heavy (non-hydrogen) atoms. The van der Waals surface area contributed by atoms with Gasteiger partial charge >= 0.3 is 0 Å². The third-order valence-corrected chi connectivity index (χ3v) is 6.24. The molecule has 0 unspecified atom stereocenters. The summed E-state index contributed by atoms with van der Waals surface area (Å²) in [6, 6.07) is 14.0. The SMILES string of the molecule is Cc1ccc(OC2CCN(Cc3ccncc3)CC2)c(C(=O)NCc2cccs2)c1. The van der Waals surface area contributed by atoms with Gasteiger partial charge in [-0.2, -0.15) is 0 Å². The highest BCUT2D eigenvalue weighted by Gasteiger charge is 2.23. The lowest BCUT2D eigenvalue weighted by atomic mass is 10.1. The first-order valence-electron chi connectivity index (χ1n) is 10.4.